The van der Waals surface area contributed by atoms with Gasteiger partial charge in [0.25, 0.3) is 0 Å². The smallest absolute Gasteiger partial charge is 0.192 e. The summed E-state index contributed by atoms with van der Waals surface area (Å²) in [6.45, 7) is 13.7. The van der Waals surface area contributed by atoms with E-state index >= 15 is 0 Å². The number of hydrogen-bond donors (Lipinski definition) is 1. The predicted molar refractivity (Wildman–Crippen MR) is 86.5 cm³/mol. The molecule has 0 aromatic carbocycles. The Hall–Kier alpha value is 0.0969. The van der Waals surface area contributed by atoms with Crippen molar-refractivity contribution in [3.63, 3.8) is 0 Å². The van der Waals surface area contributed by atoms with Gasteiger partial charge >= 0.3 is 0 Å². The van der Waals surface area contributed by atoms with Gasteiger partial charge in [-0.05, 0) is 63.3 Å². The molecule has 2 rings (SSSR count). The second-order valence-electron chi connectivity index (χ2n) is 8.15. The van der Waals surface area contributed by atoms with Crippen LogP contribution in [0.5, 0.6) is 0 Å². The van der Waals surface area contributed by atoms with Crippen LogP contribution in [0.3, 0.4) is 0 Å². The van der Waals surface area contributed by atoms with Gasteiger partial charge in [0.2, 0.25) is 0 Å². The topological polar surface area (TPSA) is 32.7 Å². The maximum Gasteiger partial charge on any atom is 0.192 e. The summed E-state index contributed by atoms with van der Waals surface area (Å²) in [5, 5.41) is 11.0. The Balaban J connectivity index is 2.01. The van der Waals surface area contributed by atoms with Gasteiger partial charge in [-0.2, -0.15) is 0 Å². The molecule has 20 heavy (non-hydrogen) atoms. The van der Waals surface area contributed by atoms with Gasteiger partial charge in [-0.15, -0.1) is 0 Å². The molecule has 3 nitrogen and oxygen atoms in total. The van der Waals surface area contributed by atoms with Crippen molar-refractivity contribution in [1.29, 1.82) is 0 Å². The summed E-state index contributed by atoms with van der Waals surface area (Å²) in [5.41, 5.74) is 0. The molecule has 3 unspecified atom stereocenters. The molecule has 0 radical (unpaired) electrons. The maximum atomic E-state index is 10.8. The van der Waals surface area contributed by atoms with Gasteiger partial charge in [0, 0.05) is 6.04 Å². The molecule has 0 bridgehead atoms. The summed E-state index contributed by atoms with van der Waals surface area (Å²) in [5.74, 6) is 0. The minimum absolute atomic E-state index is 0.0511. The molecular formula is C16H33NO2Si. The van der Waals surface area contributed by atoms with Gasteiger partial charge in [-0.25, -0.2) is 0 Å². The largest absolute Gasteiger partial charge is 0.411 e. The Morgan fingerprint density at radius 3 is 2.20 bits per heavy atom. The maximum absolute atomic E-state index is 10.8. The highest BCUT2D eigenvalue weighted by atomic mass is 28.4. The Kier molecular flexibility index (Phi) is 5.00. The number of aliphatic hydroxyl groups is 1. The minimum atomic E-state index is -1.78. The molecule has 1 aliphatic heterocycles. The standard InChI is InChI=1S/C16H33NO2Si/c1-16(2,3)20(4,5)19-14-10-8-9-13(15(14)18)17-11-6-7-12-17/h13-15,18H,6-12H2,1-5H3. The van der Waals surface area contributed by atoms with Crippen LogP contribution in [0.1, 0.15) is 52.9 Å². The highest BCUT2D eigenvalue weighted by Gasteiger charge is 2.44. The van der Waals surface area contributed by atoms with Crippen LogP contribution in [0.2, 0.25) is 18.1 Å². The van der Waals surface area contributed by atoms with Gasteiger partial charge in [0.15, 0.2) is 8.32 Å². The molecule has 4 heteroatoms. The quantitative estimate of drug-likeness (QED) is 0.811. The normalized spacial score (nSPS) is 33.6. The van der Waals surface area contributed by atoms with E-state index in [9.17, 15) is 5.11 Å². The number of rotatable bonds is 3. The van der Waals surface area contributed by atoms with Crippen molar-refractivity contribution in [2.24, 2.45) is 0 Å². The molecule has 1 saturated carbocycles. The summed E-state index contributed by atoms with van der Waals surface area (Å²) in [6, 6.07) is 0.334. The average Bonchev–Trinajstić information content (AvgIpc) is 2.83. The summed E-state index contributed by atoms with van der Waals surface area (Å²) < 4.78 is 6.51. The molecule has 118 valence electrons. The highest BCUT2D eigenvalue weighted by Crippen LogP contribution is 2.39. The number of aliphatic hydroxyl groups excluding tert-OH is 1. The third-order valence-corrected chi connectivity index (χ3v) is 10.1. The Bertz CT molecular complexity index is 321. The average molecular weight is 300 g/mol. The van der Waals surface area contributed by atoms with E-state index in [1.807, 2.05) is 0 Å². The van der Waals surface area contributed by atoms with E-state index in [1.54, 1.807) is 0 Å². The van der Waals surface area contributed by atoms with Crippen molar-refractivity contribution in [2.45, 2.75) is 89.3 Å². The van der Waals surface area contributed by atoms with E-state index in [1.165, 1.54) is 19.3 Å². The first kappa shape index (κ1) is 16.5. The molecule has 0 aromatic heterocycles. The molecule has 0 spiro atoms. The fourth-order valence-corrected chi connectivity index (χ4v) is 4.64. The second kappa shape index (κ2) is 6.07. The zero-order valence-electron chi connectivity index (χ0n) is 14.0. The third kappa shape index (κ3) is 3.46. The first-order valence-corrected chi connectivity index (χ1v) is 11.2. The molecule has 0 aromatic rings. The monoisotopic (exact) mass is 299 g/mol. The van der Waals surface area contributed by atoms with E-state index < -0.39 is 8.32 Å². The molecule has 3 atom stereocenters. The van der Waals surface area contributed by atoms with Gasteiger partial charge < -0.3 is 9.53 Å². The Morgan fingerprint density at radius 2 is 1.65 bits per heavy atom. The molecule has 0 amide bonds. The second-order valence-corrected chi connectivity index (χ2v) is 12.9. The SMILES string of the molecule is CC(C)(C)[Si](C)(C)OC1CCCC(N2CCCC2)C1O. The van der Waals surface area contributed by atoms with E-state index in [-0.39, 0.29) is 17.2 Å². The lowest BCUT2D eigenvalue weighted by atomic mass is 9.89. The van der Waals surface area contributed by atoms with Gasteiger partial charge in [0.05, 0.1) is 12.2 Å². The van der Waals surface area contributed by atoms with E-state index in [0.29, 0.717) is 6.04 Å². The molecule has 1 heterocycles. The van der Waals surface area contributed by atoms with Crippen molar-refractivity contribution >= 4 is 8.32 Å². The zero-order valence-corrected chi connectivity index (χ0v) is 15.0. The van der Waals surface area contributed by atoms with Crippen LogP contribution >= 0.6 is 0 Å². The van der Waals surface area contributed by atoms with E-state index in [4.69, 9.17) is 4.43 Å². The highest BCUT2D eigenvalue weighted by molar-refractivity contribution is 6.74. The van der Waals surface area contributed by atoms with Crippen LogP contribution in [0.4, 0.5) is 0 Å². The van der Waals surface area contributed by atoms with Crippen molar-refractivity contribution in [3.05, 3.63) is 0 Å². The van der Waals surface area contributed by atoms with Crippen molar-refractivity contribution < 1.29 is 9.53 Å². The molecule has 1 aliphatic carbocycles. The lowest BCUT2D eigenvalue weighted by Gasteiger charge is -2.45. The molecule has 1 saturated heterocycles. The number of nitrogens with zero attached hydrogens (tertiary/aromatic N) is 1. The number of likely N-dealkylation sites (tertiary alicyclic amines) is 1. The molecule has 2 fully saturated rings. The van der Waals surface area contributed by atoms with Gasteiger partial charge in [-0.1, -0.05) is 20.8 Å². The van der Waals surface area contributed by atoms with Crippen LogP contribution in [0.15, 0.2) is 0 Å². The van der Waals surface area contributed by atoms with Crippen molar-refractivity contribution in [2.75, 3.05) is 13.1 Å². The summed E-state index contributed by atoms with van der Waals surface area (Å²) >= 11 is 0. The zero-order chi connectivity index (χ0) is 15.0. The third-order valence-electron chi connectivity index (χ3n) is 5.63. The van der Waals surface area contributed by atoms with Crippen molar-refractivity contribution in [1.82, 2.24) is 4.90 Å². The van der Waals surface area contributed by atoms with Gasteiger partial charge in [-0.3, -0.25) is 4.90 Å². The molecule has 2 aliphatic rings. The van der Waals surface area contributed by atoms with Crippen molar-refractivity contribution in [3.8, 4) is 0 Å². The van der Waals surface area contributed by atoms with Crippen LogP contribution in [-0.2, 0) is 4.43 Å². The fourth-order valence-electron chi connectivity index (χ4n) is 3.27. The first-order chi connectivity index (χ1) is 9.22. The minimum Gasteiger partial charge on any atom is -0.411 e. The van der Waals surface area contributed by atoms with Crippen LogP contribution in [0.25, 0.3) is 0 Å². The molecular weight excluding hydrogens is 266 g/mol. The lowest BCUT2D eigenvalue weighted by Crippen LogP contribution is -2.55. The summed E-state index contributed by atoms with van der Waals surface area (Å²) in [6.07, 6.45) is 5.69. The first-order valence-electron chi connectivity index (χ1n) is 8.32. The van der Waals surface area contributed by atoms with Crippen LogP contribution in [0, 0.1) is 0 Å². The summed E-state index contributed by atoms with van der Waals surface area (Å²) in [7, 11) is -1.78. The summed E-state index contributed by atoms with van der Waals surface area (Å²) in [4.78, 5) is 2.49. The van der Waals surface area contributed by atoms with Crippen LogP contribution in [-0.4, -0.2) is 49.7 Å². The Morgan fingerprint density at radius 1 is 1.05 bits per heavy atom. The van der Waals surface area contributed by atoms with E-state index in [0.717, 1.165) is 25.9 Å². The fraction of sp³-hybridized carbons (Fsp3) is 1.00. The van der Waals surface area contributed by atoms with Crippen LogP contribution < -0.4 is 0 Å². The van der Waals surface area contributed by atoms with E-state index in [2.05, 4.69) is 38.8 Å². The molecule has 1 N–H and O–H groups in total. The lowest BCUT2D eigenvalue weighted by molar-refractivity contribution is -0.0532. The predicted octanol–water partition coefficient (Wildman–Crippen LogP) is 3.39. The number of hydrogen-bond acceptors (Lipinski definition) is 3. The van der Waals surface area contributed by atoms with Gasteiger partial charge in [0.1, 0.15) is 0 Å². The Labute approximate surface area is 125 Å².